The molecule has 0 aromatic heterocycles. The van der Waals surface area contributed by atoms with Crippen molar-refractivity contribution in [2.45, 2.75) is 12.5 Å². The quantitative estimate of drug-likeness (QED) is 0.773. The number of carboxylic acids is 1. The standard InChI is InChI=1S/C19H15FO3/c20-17-8-4-3-7-15(17)12-18(19(21)22)23-16-10-9-13-5-1-2-6-14(13)11-16/h1-11,18H,12H2,(H,21,22). The van der Waals surface area contributed by atoms with E-state index in [0.717, 1.165) is 10.8 Å². The van der Waals surface area contributed by atoms with Gasteiger partial charge in [-0.2, -0.15) is 0 Å². The Balaban J connectivity index is 1.84. The van der Waals surface area contributed by atoms with Crippen molar-refractivity contribution >= 4 is 16.7 Å². The van der Waals surface area contributed by atoms with E-state index in [1.807, 2.05) is 30.3 Å². The molecule has 23 heavy (non-hydrogen) atoms. The van der Waals surface area contributed by atoms with E-state index in [-0.39, 0.29) is 6.42 Å². The van der Waals surface area contributed by atoms with Crippen LogP contribution in [0.2, 0.25) is 0 Å². The second-order valence-electron chi connectivity index (χ2n) is 5.25. The molecule has 0 radical (unpaired) electrons. The molecule has 116 valence electrons. The van der Waals surface area contributed by atoms with Gasteiger partial charge in [0.25, 0.3) is 0 Å². The summed E-state index contributed by atoms with van der Waals surface area (Å²) in [4.78, 5) is 11.4. The largest absolute Gasteiger partial charge is 0.478 e. The van der Waals surface area contributed by atoms with Gasteiger partial charge >= 0.3 is 5.97 Å². The summed E-state index contributed by atoms with van der Waals surface area (Å²) in [6.45, 7) is 0. The van der Waals surface area contributed by atoms with Crippen molar-refractivity contribution in [1.29, 1.82) is 0 Å². The number of rotatable bonds is 5. The van der Waals surface area contributed by atoms with E-state index in [2.05, 4.69) is 0 Å². The Morgan fingerprint density at radius 3 is 2.43 bits per heavy atom. The SMILES string of the molecule is O=C(O)C(Cc1ccccc1F)Oc1ccc2ccccc2c1. The minimum Gasteiger partial charge on any atom is -0.478 e. The van der Waals surface area contributed by atoms with Crippen LogP contribution in [-0.4, -0.2) is 17.2 Å². The summed E-state index contributed by atoms with van der Waals surface area (Å²) in [7, 11) is 0. The predicted octanol–water partition coefficient (Wildman–Crippen LogP) is 4.05. The second-order valence-corrected chi connectivity index (χ2v) is 5.25. The molecule has 3 aromatic rings. The fourth-order valence-corrected chi connectivity index (χ4v) is 2.45. The van der Waals surface area contributed by atoms with Crippen LogP contribution in [0.1, 0.15) is 5.56 Å². The van der Waals surface area contributed by atoms with Crippen molar-refractivity contribution in [3.05, 3.63) is 78.1 Å². The zero-order valence-electron chi connectivity index (χ0n) is 12.3. The summed E-state index contributed by atoms with van der Waals surface area (Å²) >= 11 is 0. The van der Waals surface area contributed by atoms with E-state index in [0.29, 0.717) is 11.3 Å². The van der Waals surface area contributed by atoms with Gasteiger partial charge in [0.05, 0.1) is 0 Å². The van der Waals surface area contributed by atoms with Crippen LogP contribution in [0.4, 0.5) is 4.39 Å². The summed E-state index contributed by atoms with van der Waals surface area (Å²) in [6.07, 6.45) is -1.18. The molecular weight excluding hydrogens is 295 g/mol. The molecule has 3 aromatic carbocycles. The lowest BCUT2D eigenvalue weighted by Crippen LogP contribution is -2.29. The highest BCUT2D eigenvalue weighted by molar-refractivity contribution is 5.84. The van der Waals surface area contributed by atoms with Gasteiger partial charge < -0.3 is 9.84 Å². The summed E-state index contributed by atoms with van der Waals surface area (Å²) in [5.74, 6) is -1.10. The van der Waals surface area contributed by atoms with E-state index in [1.165, 1.54) is 6.07 Å². The van der Waals surface area contributed by atoms with E-state index < -0.39 is 17.9 Å². The molecule has 0 fully saturated rings. The van der Waals surface area contributed by atoms with Crippen LogP contribution in [0.3, 0.4) is 0 Å². The third kappa shape index (κ3) is 3.48. The predicted molar refractivity (Wildman–Crippen MR) is 86.1 cm³/mol. The molecule has 1 unspecified atom stereocenters. The van der Waals surface area contributed by atoms with Crippen LogP contribution < -0.4 is 4.74 Å². The molecule has 0 heterocycles. The summed E-state index contributed by atoms with van der Waals surface area (Å²) in [6, 6.07) is 19.2. The lowest BCUT2D eigenvalue weighted by atomic mass is 10.1. The first-order valence-electron chi connectivity index (χ1n) is 7.25. The Bertz CT molecular complexity index is 845. The van der Waals surface area contributed by atoms with Crippen LogP contribution in [0.25, 0.3) is 10.8 Å². The number of hydrogen-bond donors (Lipinski definition) is 1. The monoisotopic (exact) mass is 310 g/mol. The molecule has 1 atom stereocenters. The highest BCUT2D eigenvalue weighted by Gasteiger charge is 2.21. The van der Waals surface area contributed by atoms with Crippen molar-refractivity contribution < 1.29 is 19.0 Å². The number of hydrogen-bond acceptors (Lipinski definition) is 2. The fourth-order valence-electron chi connectivity index (χ4n) is 2.45. The Kier molecular flexibility index (Phi) is 4.24. The average Bonchev–Trinajstić information content (AvgIpc) is 2.56. The van der Waals surface area contributed by atoms with E-state index >= 15 is 0 Å². The van der Waals surface area contributed by atoms with Gasteiger partial charge in [-0.1, -0.05) is 48.5 Å². The molecule has 0 aliphatic heterocycles. The van der Waals surface area contributed by atoms with Crippen molar-refractivity contribution in [2.24, 2.45) is 0 Å². The number of carbonyl (C=O) groups is 1. The van der Waals surface area contributed by atoms with Crippen molar-refractivity contribution in [1.82, 2.24) is 0 Å². The van der Waals surface area contributed by atoms with Gasteiger partial charge in [-0.05, 0) is 34.5 Å². The van der Waals surface area contributed by atoms with E-state index in [4.69, 9.17) is 4.74 Å². The second kappa shape index (κ2) is 6.48. The first-order chi connectivity index (χ1) is 11.1. The van der Waals surface area contributed by atoms with E-state index in [1.54, 1.807) is 30.3 Å². The zero-order valence-corrected chi connectivity index (χ0v) is 12.3. The Morgan fingerprint density at radius 1 is 1.00 bits per heavy atom. The number of halogens is 1. The highest BCUT2D eigenvalue weighted by atomic mass is 19.1. The molecule has 0 saturated carbocycles. The van der Waals surface area contributed by atoms with Crippen molar-refractivity contribution in [3.8, 4) is 5.75 Å². The number of benzene rings is 3. The van der Waals surface area contributed by atoms with Crippen LogP contribution in [-0.2, 0) is 11.2 Å². The van der Waals surface area contributed by atoms with Gasteiger partial charge in [0.2, 0.25) is 0 Å². The molecular formula is C19H15FO3. The Hall–Kier alpha value is -2.88. The maximum Gasteiger partial charge on any atom is 0.345 e. The van der Waals surface area contributed by atoms with Gasteiger partial charge in [-0.15, -0.1) is 0 Å². The average molecular weight is 310 g/mol. The molecule has 1 N–H and O–H groups in total. The number of fused-ring (bicyclic) bond motifs is 1. The van der Waals surface area contributed by atoms with Gasteiger partial charge in [0.15, 0.2) is 6.10 Å². The Morgan fingerprint density at radius 2 is 1.70 bits per heavy atom. The number of carboxylic acid groups (broad SMARTS) is 1. The first kappa shape index (κ1) is 15.0. The molecule has 4 heteroatoms. The summed E-state index contributed by atoms with van der Waals surface area (Å²) in [5, 5.41) is 11.4. The molecule has 0 saturated heterocycles. The molecule has 3 nitrogen and oxygen atoms in total. The number of ether oxygens (including phenoxy) is 1. The molecule has 3 rings (SSSR count). The normalized spacial score (nSPS) is 12.0. The molecule has 0 aliphatic carbocycles. The number of aliphatic carboxylic acids is 1. The fraction of sp³-hybridized carbons (Fsp3) is 0.105. The van der Waals surface area contributed by atoms with Crippen LogP contribution in [0, 0.1) is 5.82 Å². The Labute approximate surface area is 132 Å². The summed E-state index contributed by atoms with van der Waals surface area (Å²) < 4.78 is 19.3. The van der Waals surface area contributed by atoms with Gasteiger partial charge in [0.1, 0.15) is 11.6 Å². The van der Waals surface area contributed by atoms with Crippen LogP contribution >= 0.6 is 0 Å². The van der Waals surface area contributed by atoms with Gasteiger partial charge in [0, 0.05) is 6.42 Å². The lowest BCUT2D eigenvalue weighted by Gasteiger charge is -2.16. The topological polar surface area (TPSA) is 46.5 Å². The minimum absolute atomic E-state index is 0.0329. The molecule has 0 spiro atoms. The van der Waals surface area contributed by atoms with E-state index in [9.17, 15) is 14.3 Å². The van der Waals surface area contributed by atoms with Crippen molar-refractivity contribution in [3.63, 3.8) is 0 Å². The van der Waals surface area contributed by atoms with Crippen molar-refractivity contribution in [2.75, 3.05) is 0 Å². The zero-order chi connectivity index (χ0) is 16.2. The molecule has 0 aliphatic rings. The highest BCUT2D eigenvalue weighted by Crippen LogP contribution is 2.22. The maximum absolute atomic E-state index is 13.7. The smallest absolute Gasteiger partial charge is 0.345 e. The minimum atomic E-state index is -1.15. The molecule has 0 bridgehead atoms. The van der Waals surface area contributed by atoms with Crippen LogP contribution in [0.15, 0.2) is 66.7 Å². The molecule has 0 amide bonds. The van der Waals surface area contributed by atoms with Crippen LogP contribution in [0.5, 0.6) is 5.75 Å². The van der Waals surface area contributed by atoms with Gasteiger partial charge in [-0.25, -0.2) is 9.18 Å². The third-order valence-electron chi connectivity index (χ3n) is 3.64. The maximum atomic E-state index is 13.7. The summed E-state index contributed by atoms with van der Waals surface area (Å²) in [5.41, 5.74) is 0.320. The van der Waals surface area contributed by atoms with Gasteiger partial charge in [-0.3, -0.25) is 0 Å². The first-order valence-corrected chi connectivity index (χ1v) is 7.25. The third-order valence-corrected chi connectivity index (χ3v) is 3.64. The lowest BCUT2D eigenvalue weighted by molar-refractivity contribution is -0.145.